The van der Waals surface area contributed by atoms with E-state index in [9.17, 15) is 4.79 Å². The van der Waals surface area contributed by atoms with Gasteiger partial charge in [-0.05, 0) is 30.3 Å². The molecule has 0 radical (unpaired) electrons. The van der Waals surface area contributed by atoms with Gasteiger partial charge in [-0.3, -0.25) is 4.79 Å². The fourth-order valence-corrected chi connectivity index (χ4v) is 2.01. The van der Waals surface area contributed by atoms with E-state index in [0.29, 0.717) is 11.4 Å². The number of furan rings is 1. The molecule has 0 aliphatic heterocycles. The van der Waals surface area contributed by atoms with Crippen LogP contribution in [0.3, 0.4) is 0 Å². The van der Waals surface area contributed by atoms with E-state index in [-0.39, 0.29) is 5.91 Å². The first-order valence-corrected chi connectivity index (χ1v) is 6.69. The summed E-state index contributed by atoms with van der Waals surface area (Å²) in [4.78, 5) is 11.9. The monoisotopic (exact) mass is 294 g/mol. The molecule has 0 fully saturated rings. The molecular weight excluding hydrogens is 280 g/mol. The largest absolute Gasteiger partial charge is 0.465 e. The minimum absolute atomic E-state index is 0.230. The molecule has 3 rings (SSSR count). The number of nitrogens with zero attached hydrogens (tertiary/aromatic N) is 3. The van der Waals surface area contributed by atoms with Crippen LogP contribution in [-0.4, -0.2) is 20.7 Å². The predicted octanol–water partition coefficient (Wildman–Crippen LogP) is 2.73. The standard InChI is InChI=1S/C16H14N4O2/c1-20-11-17-19-16(20)12-4-2-5-13(10-12)18-15(21)8-7-14-6-3-9-22-14/h2-11H,1H3,(H,18,21)/b8-7+. The number of hydrogen-bond acceptors (Lipinski definition) is 4. The van der Waals surface area contributed by atoms with E-state index in [1.807, 2.05) is 35.9 Å². The van der Waals surface area contributed by atoms with E-state index in [2.05, 4.69) is 15.5 Å². The topological polar surface area (TPSA) is 73.0 Å². The molecule has 1 amide bonds. The summed E-state index contributed by atoms with van der Waals surface area (Å²) in [6.07, 6.45) is 6.23. The summed E-state index contributed by atoms with van der Waals surface area (Å²) in [6, 6.07) is 11.0. The Morgan fingerprint density at radius 2 is 2.23 bits per heavy atom. The predicted molar refractivity (Wildman–Crippen MR) is 82.8 cm³/mol. The molecule has 0 spiro atoms. The number of carbonyl (C=O) groups is 1. The van der Waals surface area contributed by atoms with Crippen LogP contribution in [-0.2, 0) is 11.8 Å². The van der Waals surface area contributed by atoms with Gasteiger partial charge in [0.2, 0.25) is 5.91 Å². The fourth-order valence-electron chi connectivity index (χ4n) is 2.01. The number of aromatic nitrogens is 3. The highest BCUT2D eigenvalue weighted by Gasteiger charge is 2.06. The molecule has 6 nitrogen and oxygen atoms in total. The Balaban J connectivity index is 1.73. The van der Waals surface area contributed by atoms with E-state index < -0.39 is 0 Å². The van der Waals surface area contributed by atoms with E-state index in [1.54, 1.807) is 30.8 Å². The summed E-state index contributed by atoms with van der Waals surface area (Å²) in [5, 5.41) is 10.7. The van der Waals surface area contributed by atoms with Crippen molar-refractivity contribution in [3.8, 4) is 11.4 Å². The minimum Gasteiger partial charge on any atom is -0.465 e. The van der Waals surface area contributed by atoms with Gasteiger partial charge in [-0.2, -0.15) is 0 Å². The highest BCUT2D eigenvalue weighted by molar-refractivity contribution is 6.02. The maximum absolute atomic E-state index is 11.9. The van der Waals surface area contributed by atoms with Crippen LogP contribution in [0.4, 0.5) is 5.69 Å². The lowest BCUT2D eigenvalue weighted by molar-refractivity contribution is -0.111. The number of rotatable bonds is 4. The Hall–Kier alpha value is -3.15. The Morgan fingerprint density at radius 3 is 2.95 bits per heavy atom. The summed E-state index contributed by atoms with van der Waals surface area (Å²) in [5.41, 5.74) is 1.57. The molecule has 2 heterocycles. The highest BCUT2D eigenvalue weighted by atomic mass is 16.3. The number of benzene rings is 1. The van der Waals surface area contributed by atoms with Crippen LogP contribution < -0.4 is 5.32 Å². The molecule has 0 aliphatic rings. The first-order chi connectivity index (χ1) is 10.7. The van der Waals surface area contributed by atoms with Crippen molar-refractivity contribution >= 4 is 17.7 Å². The van der Waals surface area contributed by atoms with Gasteiger partial charge in [-0.15, -0.1) is 10.2 Å². The maximum atomic E-state index is 11.9. The van der Waals surface area contributed by atoms with Gasteiger partial charge >= 0.3 is 0 Å². The lowest BCUT2D eigenvalue weighted by Crippen LogP contribution is -2.07. The van der Waals surface area contributed by atoms with Gasteiger partial charge in [0.15, 0.2) is 5.82 Å². The number of aryl methyl sites for hydroxylation is 1. The van der Waals surface area contributed by atoms with Crippen LogP contribution in [0.15, 0.2) is 59.5 Å². The number of hydrogen-bond donors (Lipinski definition) is 1. The maximum Gasteiger partial charge on any atom is 0.248 e. The van der Waals surface area contributed by atoms with Gasteiger partial charge in [-0.25, -0.2) is 0 Å². The van der Waals surface area contributed by atoms with E-state index in [1.165, 1.54) is 6.08 Å². The summed E-state index contributed by atoms with van der Waals surface area (Å²) in [7, 11) is 1.87. The van der Waals surface area contributed by atoms with Crippen molar-refractivity contribution in [1.82, 2.24) is 14.8 Å². The van der Waals surface area contributed by atoms with Gasteiger partial charge in [-0.1, -0.05) is 12.1 Å². The number of amides is 1. The highest BCUT2D eigenvalue weighted by Crippen LogP contribution is 2.20. The van der Waals surface area contributed by atoms with Crippen molar-refractivity contribution in [3.63, 3.8) is 0 Å². The van der Waals surface area contributed by atoms with Gasteiger partial charge in [0.05, 0.1) is 6.26 Å². The third kappa shape index (κ3) is 3.12. The summed E-state index contributed by atoms with van der Waals surface area (Å²) >= 11 is 0. The van der Waals surface area contributed by atoms with Gasteiger partial charge in [0.1, 0.15) is 12.1 Å². The van der Waals surface area contributed by atoms with Gasteiger partial charge in [0.25, 0.3) is 0 Å². The van der Waals surface area contributed by atoms with Crippen molar-refractivity contribution in [2.24, 2.45) is 7.05 Å². The third-order valence-corrected chi connectivity index (χ3v) is 3.04. The Bertz CT molecular complexity index is 803. The lowest BCUT2D eigenvalue weighted by Gasteiger charge is -2.05. The zero-order valence-electron chi connectivity index (χ0n) is 11.9. The fraction of sp³-hybridized carbons (Fsp3) is 0.0625. The first kappa shape index (κ1) is 13.8. The number of carbonyl (C=O) groups excluding carboxylic acids is 1. The first-order valence-electron chi connectivity index (χ1n) is 6.69. The van der Waals surface area contributed by atoms with Crippen LogP contribution >= 0.6 is 0 Å². The second kappa shape index (κ2) is 6.09. The SMILES string of the molecule is Cn1cnnc1-c1cccc(NC(=O)/C=C/c2ccco2)c1. The molecule has 2 aromatic heterocycles. The average molecular weight is 294 g/mol. The Morgan fingerprint density at radius 1 is 1.32 bits per heavy atom. The molecule has 0 atom stereocenters. The Labute approximate surface area is 127 Å². The molecule has 0 saturated heterocycles. The molecule has 0 unspecified atom stereocenters. The zero-order valence-corrected chi connectivity index (χ0v) is 11.9. The molecule has 22 heavy (non-hydrogen) atoms. The number of nitrogens with one attached hydrogen (secondary N) is 1. The van der Waals surface area contributed by atoms with Crippen molar-refractivity contribution < 1.29 is 9.21 Å². The van der Waals surface area contributed by atoms with Crippen LogP contribution in [0.5, 0.6) is 0 Å². The van der Waals surface area contributed by atoms with Crippen LogP contribution in [0, 0.1) is 0 Å². The van der Waals surface area contributed by atoms with Crippen molar-refractivity contribution in [2.75, 3.05) is 5.32 Å². The van der Waals surface area contributed by atoms with E-state index >= 15 is 0 Å². The molecule has 0 bridgehead atoms. The van der Waals surface area contributed by atoms with Crippen molar-refractivity contribution in [2.45, 2.75) is 0 Å². The van der Waals surface area contributed by atoms with Gasteiger partial charge < -0.3 is 14.3 Å². The minimum atomic E-state index is -0.230. The summed E-state index contributed by atoms with van der Waals surface area (Å²) < 4.78 is 6.95. The molecular formula is C16H14N4O2. The normalized spacial score (nSPS) is 11.0. The van der Waals surface area contributed by atoms with E-state index in [0.717, 1.165) is 11.4 Å². The Kier molecular flexibility index (Phi) is 3.82. The molecule has 0 saturated carbocycles. The zero-order chi connectivity index (χ0) is 15.4. The second-order valence-corrected chi connectivity index (χ2v) is 4.68. The number of anilines is 1. The molecule has 6 heteroatoms. The lowest BCUT2D eigenvalue weighted by atomic mass is 10.2. The molecule has 1 aromatic carbocycles. The molecule has 110 valence electrons. The van der Waals surface area contributed by atoms with Crippen molar-refractivity contribution in [1.29, 1.82) is 0 Å². The molecule has 1 N–H and O–H groups in total. The van der Waals surface area contributed by atoms with Crippen LogP contribution in [0.2, 0.25) is 0 Å². The quantitative estimate of drug-likeness (QED) is 0.751. The summed E-state index contributed by atoms with van der Waals surface area (Å²) in [6.45, 7) is 0. The third-order valence-electron chi connectivity index (χ3n) is 3.04. The van der Waals surface area contributed by atoms with Crippen LogP contribution in [0.1, 0.15) is 5.76 Å². The average Bonchev–Trinajstić information content (AvgIpc) is 3.16. The summed E-state index contributed by atoms with van der Waals surface area (Å²) in [5.74, 6) is 1.14. The van der Waals surface area contributed by atoms with Crippen molar-refractivity contribution in [3.05, 3.63) is 60.8 Å². The smallest absolute Gasteiger partial charge is 0.248 e. The molecule has 0 aliphatic carbocycles. The van der Waals surface area contributed by atoms with Crippen LogP contribution in [0.25, 0.3) is 17.5 Å². The van der Waals surface area contributed by atoms with Gasteiger partial charge in [0, 0.05) is 24.4 Å². The molecule has 3 aromatic rings. The second-order valence-electron chi connectivity index (χ2n) is 4.68. The van der Waals surface area contributed by atoms with E-state index in [4.69, 9.17) is 4.42 Å².